The Labute approximate surface area is 112 Å². The highest BCUT2D eigenvalue weighted by molar-refractivity contribution is 5.88. The zero-order chi connectivity index (χ0) is 13.7. The van der Waals surface area contributed by atoms with Crippen molar-refractivity contribution in [3.05, 3.63) is 47.5 Å². The van der Waals surface area contributed by atoms with Gasteiger partial charge in [0.2, 0.25) is 0 Å². The summed E-state index contributed by atoms with van der Waals surface area (Å²) in [6.07, 6.45) is 3.79. The summed E-state index contributed by atoms with van der Waals surface area (Å²) in [5, 5.41) is 4.35. The number of hydrogen-bond acceptors (Lipinski definition) is 4. The van der Waals surface area contributed by atoms with Crippen molar-refractivity contribution in [2.75, 3.05) is 6.61 Å². The molecule has 0 aromatic carbocycles. The quantitative estimate of drug-likeness (QED) is 0.771. The standard InChI is InChI=1S/C14H17N3O2/c1-3-17-13(9-11(2)16-17)6-8-19-14(18)12-5-4-7-15-10-12/h4-5,7,9-10H,3,6,8H2,1-2H3. The second-order valence-corrected chi connectivity index (χ2v) is 4.22. The molecule has 0 saturated heterocycles. The molecule has 0 unspecified atom stereocenters. The van der Waals surface area contributed by atoms with E-state index in [1.54, 1.807) is 18.3 Å². The molecule has 100 valence electrons. The lowest BCUT2D eigenvalue weighted by molar-refractivity contribution is 0.0507. The van der Waals surface area contributed by atoms with Gasteiger partial charge in [-0.05, 0) is 32.0 Å². The van der Waals surface area contributed by atoms with Crippen LogP contribution in [0.5, 0.6) is 0 Å². The average molecular weight is 259 g/mol. The first kappa shape index (κ1) is 13.3. The van der Waals surface area contributed by atoms with Crippen LogP contribution < -0.4 is 0 Å². The minimum absolute atomic E-state index is 0.340. The Morgan fingerprint density at radius 2 is 2.32 bits per heavy atom. The van der Waals surface area contributed by atoms with E-state index >= 15 is 0 Å². The van der Waals surface area contributed by atoms with Gasteiger partial charge < -0.3 is 4.74 Å². The second kappa shape index (κ2) is 6.13. The van der Waals surface area contributed by atoms with Gasteiger partial charge >= 0.3 is 5.97 Å². The minimum atomic E-state index is -0.340. The number of ether oxygens (including phenoxy) is 1. The maximum atomic E-state index is 11.7. The molecule has 2 rings (SSSR count). The third kappa shape index (κ3) is 3.40. The van der Waals surface area contributed by atoms with Gasteiger partial charge in [0.05, 0.1) is 17.9 Å². The van der Waals surface area contributed by atoms with Crippen LogP contribution in [0.2, 0.25) is 0 Å². The summed E-state index contributed by atoms with van der Waals surface area (Å²) in [6.45, 7) is 5.16. The van der Waals surface area contributed by atoms with E-state index in [0.717, 1.165) is 17.9 Å². The van der Waals surface area contributed by atoms with Crippen LogP contribution in [0.25, 0.3) is 0 Å². The Balaban J connectivity index is 1.88. The van der Waals surface area contributed by atoms with Crippen LogP contribution in [0.4, 0.5) is 0 Å². The summed E-state index contributed by atoms with van der Waals surface area (Å²) < 4.78 is 7.14. The average Bonchev–Trinajstić information content (AvgIpc) is 2.80. The largest absolute Gasteiger partial charge is 0.462 e. The second-order valence-electron chi connectivity index (χ2n) is 4.22. The summed E-state index contributed by atoms with van der Waals surface area (Å²) in [6, 6.07) is 5.42. The molecular weight excluding hydrogens is 242 g/mol. The van der Waals surface area contributed by atoms with Crippen molar-refractivity contribution < 1.29 is 9.53 Å². The lowest BCUT2D eigenvalue weighted by atomic mass is 10.3. The highest BCUT2D eigenvalue weighted by Crippen LogP contribution is 2.06. The van der Waals surface area contributed by atoms with E-state index in [-0.39, 0.29) is 5.97 Å². The first-order chi connectivity index (χ1) is 9.20. The third-order valence-corrected chi connectivity index (χ3v) is 2.77. The van der Waals surface area contributed by atoms with Gasteiger partial charge in [-0.2, -0.15) is 5.10 Å². The van der Waals surface area contributed by atoms with Crippen molar-refractivity contribution in [3.63, 3.8) is 0 Å². The Kier molecular flexibility index (Phi) is 4.28. The fourth-order valence-corrected chi connectivity index (χ4v) is 1.89. The number of esters is 1. The predicted molar refractivity (Wildman–Crippen MR) is 70.9 cm³/mol. The van der Waals surface area contributed by atoms with E-state index < -0.39 is 0 Å². The minimum Gasteiger partial charge on any atom is -0.462 e. The molecule has 0 fully saturated rings. The van der Waals surface area contributed by atoms with Crippen LogP contribution in [0.15, 0.2) is 30.6 Å². The number of hydrogen-bond donors (Lipinski definition) is 0. The molecule has 0 bridgehead atoms. The Bertz CT molecular complexity index is 549. The lowest BCUT2D eigenvalue weighted by Gasteiger charge is -2.06. The van der Waals surface area contributed by atoms with Crippen molar-refractivity contribution in [1.82, 2.24) is 14.8 Å². The summed E-state index contributed by atoms with van der Waals surface area (Å²) in [5.41, 5.74) is 2.54. The number of carbonyl (C=O) groups is 1. The van der Waals surface area contributed by atoms with Crippen LogP contribution in [-0.2, 0) is 17.7 Å². The van der Waals surface area contributed by atoms with E-state index in [4.69, 9.17) is 4.74 Å². The molecular formula is C14H17N3O2. The SMILES string of the molecule is CCn1nc(C)cc1CCOC(=O)c1cccnc1. The van der Waals surface area contributed by atoms with Crippen molar-refractivity contribution in [1.29, 1.82) is 0 Å². The number of pyridine rings is 1. The molecule has 0 saturated carbocycles. The van der Waals surface area contributed by atoms with Crippen LogP contribution in [-0.4, -0.2) is 27.3 Å². The van der Waals surface area contributed by atoms with Gasteiger partial charge in [0.15, 0.2) is 0 Å². The molecule has 0 radical (unpaired) electrons. The summed E-state index contributed by atoms with van der Waals surface area (Å²) in [4.78, 5) is 15.6. The maximum absolute atomic E-state index is 11.7. The molecule has 0 atom stereocenters. The van der Waals surface area contributed by atoms with Gasteiger partial charge in [0.1, 0.15) is 0 Å². The molecule has 0 spiro atoms. The van der Waals surface area contributed by atoms with Crippen molar-refractivity contribution in [3.8, 4) is 0 Å². The zero-order valence-electron chi connectivity index (χ0n) is 11.2. The Morgan fingerprint density at radius 3 is 3.00 bits per heavy atom. The van der Waals surface area contributed by atoms with Gasteiger partial charge in [-0.15, -0.1) is 0 Å². The molecule has 2 heterocycles. The van der Waals surface area contributed by atoms with Crippen molar-refractivity contribution in [2.45, 2.75) is 26.8 Å². The van der Waals surface area contributed by atoms with Crippen LogP contribution in [0.1, 0.15) is 28.7 Å². The highest BCUT2D eigenvalue weighted by atomic mass is 16.5. The first-order valence-electron chi connectivity index (χ1n) is 6.31. The van der Waals surface area contributed by atoms with Crippen LogP contribution >= 0.6 is 0 Å². The fraction of sp³-hybridized carbons (Fsp3) is 0.357. The molecule has 2 aromatic rings. The van der Waals surface area contributed by atoms with E-state index in [2.05, 4.69) is 10.1 Å². The van der Waals surface area contributed by atoms with E-state index in [1.165, 1.54) is 6.20 Å². The maximum Gasteiger partial charge on any atom is 0.339 e. The molecule has 2 aromatic heterocycles. The van der Waals surface area contributed by atoms with Crippen molar-refractivity contribution >= 4 is 5.97 Å². The summed E-state index contributed by atoms with van der Waals surface area (Å²) in [7, 11) is 0. The van der Waals surface area contributed by atoms with E-state index in [9.17, 15) is 4.79 Å². The Morgan fingerprint density at radius 1 is 1.47 bits per heavy atom. The number of rotatable bonds is 5. The lowest BCUT2D eigenvalue weighted by Crippen LogP contribution is -2.11. The Hall–Kier alpha value is -2.17. The van der Waals surface area contributed by atoms with Crippen LogP contribution in [0.3, 0.4) is 0 Å². The number of aryl methyl sites for hydroxylation is 2. The number of carbonyl (C=O) groups excluding carboxylic acids is 1. The van der Waals surface area contributed by atoms with Gasteiger partial charge in [-0.1, -0.05) is 0 Å². The molecule has 0 amide bonds. The highest BCUT2D eigenvalue weighted by Gasteiger charge is 2.08. The summed E-state index contributed by atoms with van der Waals surface area (Å²) >= 11 is 0. The molecule has 0 aliphatic carbocycles. The third-order valence-electron chi connectivity index (χ3n) is 2.77. The van der Waals surface area contributed by atoms with Gasteiger partial charge in [-0.25, -0.2) is 4.79 Å². The first-order valence-corrected chi connectivity index (χ1v) is 6.31. The van der Waals surface area contributed by atoms with Gasteiger partial charge in [0.25, 0.3) is 0 Å². The monoisotopic (exact) mass is 259 g/mol. The molecule has 19 heavy (non-hydrogen) atoms. The van der Waals surface area contributed by atoms with Crippen molar-refractivity contribution in [2.24, 2.45) is 0 Å². The number of aromatic nitrogens is 3. The molecule has 0 N–H and O–H groups in total. The predicted octanol–water partition coefficient (Wildman–Crippen LogP) is 2.01. The normalized spacial score (nSPS) is 10.4. The topological polar surface area (TPSA) is 57.0 Å². The van der Waals surface area contributed by atoms with Gasteiger partial charge in [-0.3, -0.25) is 9.67 Å². The summed E-state index contributed by atoms with van der Waals surface area (Å²) in [5.74, 6) is -0.340. The van der Waals surface area contributed by atoms with Gasteiger partial charge in [0, 0.05) is 31.1 Å². The molecule has 0 aliphatic rings. The smallest absolute Gasteiger partial charge is 0.339 e. The number of nitrogens with zero attached hydrogens (tertiary/aromatic N) is 3. The van der Waals surface area contributed by atoms with Crippen LogP contribution in [0, 0.1) is 6.92 Å². The molecule has 5 heteroatoms. The molecule has 5 nitrogen and oxygen atoms in total. The van der Waals surface area contributed by atoms with E-state index in [1.807, 2.05) is 24.6 Å². The fourth-order valence-electron chi connectivity index (χ4n) is 1.89. The van der Waals surface area contributed by atoms with E-state index in [0.29, 0.717) is 18.6 Å². The zero-order valence-corrected chi connectivity index (χ0v) is 11.2. The molecule has 0 aliphatic heterocycles.